The average Bonchev–Trinajstić information content (AvgIpc) is 3.07. The lowest BCUT2D eigenvalue weighted by Gasteiger charge is -2.15. The molecule has 1 atom stereocenters. The Balaban J connectivity index is 1.58. The van der Waals surface area contributed by atoms with Gasteiger partial charge in [-0.15, -0.1) is 0 Å². The van der Waals surface area contributed by atoms with E-state index in [0.29, 0.717) is 23.1 Å². The molecule has 0 bridgehead atoms. The molecule has 2 amide bonds. The van der Waals surface area contributed by atoms with Crippen LogP contribution in [0.3, 0.4) is 0 Å². The maximum atomic E-state index is 12.1. The number of methoxy groups -OCH3 is 1. The predicted octanol–water partition coefficient (Wildman–Crippen LogP) is 3.14. The van der Waals surface area contributed by atoms with Gasteiger partial charge in [0.05, 0.1) is 25.5 Å². The predicted molar refractivity (Wildman–Crippen MR) is 95.6 cm³/mol. The van der Waals surface area contributed by atoms with Crippen LogP contribution in [-0.4, -0.2) is 31.4 Å². The summed E-state index contributed by atoms with van der Waals surface area (Å²) < 4.78 is 10.6. The van der Waals surface area contributed by atoms with E-state index in [4.69, 9.17) is 21.1 Å². The molecule has 0 spiro atoms. The summed E-state index contributed by atoms with van der Waals surface area (Å²) in [6.07, 6.45) is 0.0242. The molecule has 0 aliphatic carbocycles. The molecule has 25 heavy (non-hydrogen) atoms. The van der Waals surface area contributed by atoms with Gasteiger partial charge < -0.3 is 25.2 Å². The fourth-order valence-electron chi connectivity index (χ4n) is 2.67. The summed E-state index contributed by atoms with van der Waals surface area (Å²) in [5.41, 5.74) is 2.27. The number of urea groups is 1. The monoisotopic (exact) mass is 362 g/mol. The van der Waals surface area contributed by atoms with E-state index in [-0.39, 0.29) is 6.54 Å². The number of benzene rings is 2. The summed E-state index contributed by atoms with van der Waals surface area (Å²) in [6, 6.07) is 10.0. The molecule has 6 nitrogen and oxygen atoms in total. The highest BCUT2D eigenvalue weighted by atomic mass is 35.5. The van der Waals surface area contributed by atoms with Gasteiger partial charge in [0.2, 0.25) is 0 Å². The molecule has 0 aromatic heterocycles. The maximum absolute atomic E-state index is 12.1. The lowest BCUT2D eigenvalue weighted by molar-refractivity contribution is 0.175. The SMILES string of the molecule is COc1ccc(Cl)cc1NC(=O)NC[C@@H](O)c1ccc2c(c1)CCO2. The van der Waals surface area contributed by atoms with Crippen molar-refractivity contribution in [3.05, 3.63) is 52.5 Å². The largest absolute Gasteiger partial charge is 0.495 e. The van der Waals surface area contributed by atoms with Crippen LogP contribution in [0.1, 0.15) is 17.2 Å². The van der Waals surface area contributed by atoms with Gasteiger partial charge in [0.1, 0.15) is 11.5 Å². The van der Waals surface area contributed by atoms with Crippen LogP contribution in [0.25, 0.3) is 0 Å². The second-order valence-corrected chi connectivity index (χ2v) is 6.10. The number of carbonyl (C=O) groups is 1. The quantitative estimate of drug-likeness (QED) is 0.763. The summed E-state index contributed by atoms with van der Waals surface area (Å²) in [5.74, 6) is 1.36. The zero-order valence-corrected chi connectivity index (χ0v) is 14.5. The molecule has 1 aliphatic rings. The third-order valence-corrected chi connectivity index (χ3v) is 4.20. The first-order valence-electron chi connectivity index (χ1n) is 7.89. The normalized spacial score (nSPS) is 13.6. The third kappa shape index (κ3) is 4.15. The summed E-state index contributed by atoms with van der Waals surface area (Å²) in [5, 5.41) is 16.1. The molecule has 3 rings (SSSR count). The maximum Gasteiger partial charge on any atom is 0.319 e. The number of hydrogen-bond donors (Lipinski definition) is 3. The number of carbonyl (C=O) groups excluding carboxylic acids is 1. The van der Waals surface area contributed by atoms with Gasteiger partial charge in [-0.1, -0.05) is 17.7 Å². The Bertz CT molecular complexity index is 782. The first-order chi connectivity index (χ1) is 12.1. The molecule has 0 saturated heterocycles. The van der Waals surface area contributed by atoms with E-state index in [1.807, 2.05) is 12.1 Å². The number of halogens is 1. The Morgan fingerprint density at radius 3 is 3.00 bits per heavy atom. The number of amides is 2. The topological polar surface area (TPSA) is 79.8 Å². The summed E-state index contributed by atoms with van der Waals surface area (Å²) >= 11 is 5.93. The Morgan fingerprint density at radius 1 is 1.36 bits per heavy atom. The highest BCUT2D eigenvalue weighted by Gasteiger charge is 2.16. The number of rotatable bonds is 5. The van der Waals surface area contributed by atoms with E-state index < -0.39 is 12.1 Å². The Labute approximate surface area is 150 Å². The van der Waals surface area contributed by atoms with Gasteiger partial charge in [0, 0.05) is 18.0 Å². The zero-order valence-electron chi connectivity index (χ0n) is 13.7. The highest BCUT2D eigenvalue weighted by Crippen LogP contribution is 2.29. The molecule has 1 heterocycles. The first kappa shape index (κ1) is 17.4. The molecule has 0 saturated carbocycles. The van der Waals surface area contributed by atoms with E-state index in [0.717, 1.165) is 23.3 Å². The number of nitrogens with one attached hydrogen (secondary N) is 2. The summed E-state index contributed by atoms with van der Waals surface area (Å²) in [4.78, 5) is 12.1. The van der Waals surface area contributed by atoms with Crippen molar-refractivity contribution in [2.45, 2.75) is 12.5 Å². The van der Waals surface area contributed by atoms with Gasteiger partial charge in [-0.2, -0.15) is 0 Å². The van der Waals surface area contributed by atoms with E-state index in [2.05, 4.69) is 10.6 Å². The van der Waals surface area contributed by atoms with Crippen molar-refractivity contribution in [2.24, 2.45) is 0 Å². The van der Waals surface area contributed by atoms with E-state index in [9.17, 15) is 9.90 Å². The van der Waals surface area contributed by atoms with Gasteiger partial charge >= 0.3 is 6.03 Å². The molecule has 132 valence electrons. The Kier molecular flexibility index (Phi) is 5.31. The fraction of sp³-hybridized carbons (Fsp3) is 0.278. The lowest BCUT2D eigenvalue weighted by Crippen LogP contribution is -2.32. The van der Waals surface area contributed by atoms with Crippen LogP contribution in [0.2, 0.25) is 5.02 Å². The van der Waals surface area contributed by atoms with Crippen LogP contribution < -0.4 is 20.1 Å². The smallest absolute Gasteiger partial charge is 0.319 e. The van der Waals surface area contributed by atoms with Crippen molar-refractivity contribution in [3.63, 3.8) is 0 Å². The minimum atomic E-state index is -0.807. The van der Waals surface area contributed by atoms with Crippen LogP contribution >= 0.6 is 11.6 Å². The molecule has 0 fully saturated rings. The van der Waals surface area contributed by atoms with Crippen molar-refractivity contribution in [2.75, 3.05) is 25.6 Å². The van der Waals surface area contributed by atoms with Gasteiger partial charge in [-0.05, 0) is 41.5 Å². The molecule has 2 aromatic rings. The Morgan fingerprint density at radius 2 is 2.20 bits per heavy atom. The van der Waals surface area contributed by atoms with Gasteiger partial charge in [-0.25, -0.2) is 4.79 Å². The van der Waals surface area contributed by atoms with Crippen LogP contribution in [0.5, 0.6) is 11.5 Å². The van der Waals surface area contributed by atoms with E-state index >= 15 is 0 Å². The van der Waals surface area contributed by atoms with Crippen LogP contribution in [0.4, 0.5) is 10.5 Å². The minimum absolute atomic E-state index is 0.0777. The second kappa shape index (κ2) is 7.63. The molecule has 3 N–H and O–H groups in total. The number of anilines is 1. The van der Waals surface area contributed by atoms with E-state index in [1.165, 1.54) is 7.11 Å². The van der Waals surface area contributed by atoms with Crippen LogP contribution in [0, 0.1) is 0 Å². The van der Waals surface area contributed by atoms with Gasteiger partial charge in [0.25, 0.3) is 0 Å². The van der Waals surface area contributed by atoms with Crippen molar-refractivity contribution >= 4 is 23.3 Å². The third-order valence-electron chi connectivity index (χ3n) is 3.96. The molecular weight excluding hydrogens is 344 g/mol. The summed E-state index contributed by atoms with van der Waals surface area (Å²) in [6.45, 7) is 0.741. The van der Waals surface area contributed by atoms with Crippen molar-refractivity contribution < 1.29 is 19.4 Å². The Hall–Kier alpha value is -2.44. The summed E-state index contributed by atoms with van der Waals surface area (Å²) in [7, 11) is 1.51. The highest BCUT2D eigenvalue weighted by molar-refractivity contribution is 6.31. The number of hydrogen-bond acceptors (Lipinski definition) is 4. The van der Waals surface area contributed by atoms with Crippen LogP contribution in [0.15, 0.2) is 36.4 Å². The first-order valence-corrected chi connectivity index (χ1v) is 8.26. The van der Waals surface area contributed by atoms with Gasteiger partial charge in [-0.3, -0.25) is 0 Å². The zero-order chi connectivity index (χ0) is 17.8. The fourth-order valence-corrected chi connectivity index (χ4v) is 2.84. The average molecular weight is 363 g/mol. The van der Waals surface area contributed by atoms with Gasteiger partial charge in [0.15, 0.2) is 0 Å². The van der Waals surface area contributed by atoms with Crippen LogP contribution in [-0.2, 0) is 6.42 Å². The number of fused-ring (bicyclic) bond motifs is 1. The minimum Gasteiger partial charge on any atom is -0.495 e. The van der Waals surface area contributed by atoms with Crippen molar-refractivity contribution in [1.29, 1.82) is 0 Å². The van der Waals surface area contributed by atoms with Crippen molar-refractivity contribution in [1.82, 2.24) is 5.32 Å². The standard InChI is InChI=1S/C18H19ClN2O4/c1-24-17-5-3-13(19)9-14(17)21-18(23)20-10-15(22)11-2-4-16-12(8-11)6-7-25-16/h2-5,8-9,15,22H,6-7,10H2,1H3,(H2,20,21,23)/t15-/m1/s1. The molecule has 1 aliphatic heterocycles. The molecule has 7 heteroatoms. The second-order valence-electron chi connectivity index (χ2n) is 5.66. The molecule has 2 aromatic carbocycles. The van der Waals surface area contributed by atoms with Crippen molar-refractivity contribution in [3.8, 4) is 11.5 Å². The number of aliphatic hydroxyl groups is 1. The number of aliphatic hydroxyl groups excluding tert-OH is 1. The molecule has 0 unspecified atom stereocenters. The molecule has 0 radical (unpaired) electrons. The molecular formula is C18H19ClN2O4. The lowest BCUT2D eigenvalue weighted by atomic mass is 10.0. The number of ether oxygens (including phenoxy) is 2. The van der Waals surface area contributed by atoms with E-state index in [1.54, 1.807) is 24.3 Å².